The van der Waals surface area contributed by atoms with Crippen LogP contribution < -0.4 is 4.74 Å². The quantitative estimate of drug-likeness (QED) is 0.808. The van der Waals surface area contributed by atoms with Crippen molar-refractivity contribution < 1.29 is 9.53 Å². The average molecular weight is 230 g/mol. The van der Waals surface area contributed by atoms with Gasteiger partial charge in [0.2, 0.25) is 0 Å². The summed E-state index contributed by atoms with van der Waals surface area (Å²) in [6.07, 6.45) is 3.38. The van der Waals surface area contributed by atoms with E-state index < -0.39 is 0 Å². The molecule has 1 heterocycles. The van der Waals surface area contributed by atoms with Crippen LogP contribution in [0.3, 0.4) is 0 Å². The van der Waals surface area contributed by atoms with Crippen LogP contribution in [0.1, 0.15) is 12.5 Å². The SMILES string of the molecule is CC(=O)COc1cnn(-c2ccccc2C)c1. The van der Waals surface area contributed by atoms with Crippen LogP contribution in [0.5, 0.6) is 5.75 Å². The molecule has 4 nitrogen and oxygen atoms in total. The minimum absolute atomic E-state index is 0.00589. The van der Waals surface area contributed by atoms with E-state index in [1.54, 1.807) is 17.1 Å². The molecular formula is C13H14N2O2. The Morgan fingerprint density at radius 2 is 2.18 bits per heavy atom. The lowest BCUT2D eigenvalue weighted by Gasteiger charge is -2.04. The minimum Gasteiger partial charge on any atom is -0.483 e. The maximum atomic E-state index is 10.8. The highest BCUT2D eigenvalue weighted by molar-refractivity contribution is 5.77. The fourth-order valence-electron chi connectivity index (χ4n) is 1.52. The van der Waals surface area contributed by atoms with E-state index in [0.717, 1.165) is 11.3 Å². The van der Waals surface area contributed by atoms with Crippen molar-refractivity contribution >= 4 is 5.78 Å². The molecule has 1 aromatic heterocycles. The molecule has 0 bridgehead atoms. The third-order valence-electron chi connectivity index (χ3n) is 2.36. The third-order valence-corrected chi connectivity index (χ3v) is 2.36. The first-order chi connectivity index (χ1) is 8.16. The standard InChI is InChI=1S/C13H14N2O2/c1-10-5-3-4-6-13(10)15-8-12(7-14-15)17-9-11(2)16/h3-8H,9H2,1-2H3. The van der Waals surface area contributed by atoms with Gasteiger partial charge in [-0.3, -0.25) is 4.79 Å². The van der Waals surface area contributed by atoms with Crippen LogP contribution in [0.2, 0.25) is 0 Å². The van der Waals surface area contributed by atoms with Crippen molar-refractivity contribution in [1.29, 1.82) is 0 Å². The van der Waals surface area contributed by atoms with Gasteiger partial charge in [0, 0.05) is 0 Å². The van der Waals surface area contributed by atoms with Gasteiger partial charge in [-0.05, 0) is 25.5 Å². The molecular weight excluding hydrogens is 216 g/mol. The van der Waals surface area contributed by atoms with Gasteiger partial charge in [0.1, 0.15) is 6.61 Å². The summed E-state index contributed by atoms with van der Waals surface area (Å²) >= 11 is 0. The minimum atomic E-state index is -0.00589. The van der Waals surface area contributed by atoms with Crippen LogP contribution in [0, 0.1) is 6.92 Å². The maximum Gasteiger partial charge on any atom is 0.167 e. The number of para-hydroxylation sites is 1. The van der Waals surface area contributed by atoms with Crippen LogP contribution >= 0.6 is 0 Å². The van der Waals surface area contributed by atoms with Crippen LogP contribution in [0.25, 0.3) is 5.69 Å². The molecule has 0 amide bonds. The molecule has 0 aliphatic carbocycles. The van der Waals surface area contributed by atoms with E-state index in [0.29, 0.717) is 5.75 Å². The number of benzene rings is 1. The number of rotatable bonds is 4. The Morgan fingerprint density at radius 1 is 1.41 bits per heavy atom. The fraction of sp³-hybridized carbons (Fsp3) is 0.231. The van der Waals surface area contributed by atoms with E-state index in [9.17, 15) is 4.79 Å². The van der Waals surface area contributed by atoms with E-state index in [-0.39, 0.29) is 12.4 Å². The second-order valence-corrected chi connectivity index (χ2v) is 3.90. The molecule has 0 atom stereocenters. The molecule has 0 fully saturated rings. The summed E-state index contributed by atoms with van der Waals surface area (Å²) in [6.45, 7) is 3.60. The lowest BCUT2D eigenvalue weighted by molar-refractivity contribution is -0.118. The summed E-state index contributed by atoms with van der Waals surface area (Å²) in [7, 11) is 0. The zero-order valence-corrected chi connectivity index (χ0v) is 9.88. The first kappa shape index (κ1) is 11.4. The van der Waals surface area contributed by atoms with E-state index in [1.165, 1.54) is 6.92 Å². The highest BCUT2D eigenvalue weighted by Crippen LogP contribution is 2.16. The number of Topliss-reactive ketones (excluding diaryl/α,β-unsaturated/α-hetero) is 1. The number of carbonyl (C=O) groups excluding carboxylic acids is 1. The number of aryl methyl sites for hydroxylation is 1. The predicted octanol–water partition coefficient (Wildman–Crippen LogP) is 2.15. The van der Waals surface area contributed by atoms with Crippen molar-refractivity contribution in [3.05, 3.63) is 42.2 Å². The van der Waals surface area contributed by atoms with E-state index in [4.69, 9.17) is 4.74 Å². The summed E-state index contributed by atoms with van der Waals surface area (Å²) in [6, 6.07) is 7.94. The average Bonchev–Trinajstić information content (AvgIpc) is 2.75. The maximum absolute atomic E-state index is 10.8. The van der Waals surface area contributed by atoms with Gasteiger partial charge in [0.05, 0.1) is 18.1 Å². The van der Waals surface area contributed by atoms with Crippen molar-refractivity contribution in [2.45, 2.75) is 13.8 Å². The predicted molar refractivity (Wildman–Crippen MR) is 64.5 cm³/mol. The van der Waals surface area contributed by atoms with E-state index in [1.807, 2.05) is 31.2 Å². The molecule has 0 saturated carbocycles. The monoisotopic (exact) mass is 230 g/mol. The Balaban J connectivity index is 2.18. The van der Waals surface area contributed by atoms with Crippen LogP contribution in [-0.4, -0.2) is 22.2 Å². The van der Waals surface area contributed by atoms with E-state index in [2.05, 4.69) is 5.10 Å². The molecule has 17 heavy (non-hydrogen) atoms. The number of carbonyl (C=O) groups is 1. The first-order valence-electron chi connectivity index (χ1n) is 5.40. The number of hydrogen-bond donors (Lipinski definition) is 0. The second kappa shape index (κ2) is 4.82. The molecule has 0 saturated heterocycles. The normalized spacial score (nSPS) is 10.2. The number of ketones is 1. The lowest BCUT2D eigenvalue weighted by Crippen LogP contribution is -2.05. The smallest absolute Gasteiger partial charge is 0.167 e. The summed E-state index contributed by atoms with van der Waals surface area (Å²) in [4.78, 5) is 10.8. The van der Waals surface area contributed by atoms with Gasteiger partial charge in [-0.2, -0.15) is 5.10 Å². The summed E-state index contributed by atoms with van der Waals surface area (Å²) in [5, 5.41) is 4.21. The zero-order chi connectivity index (χ0) is 12.3. The summed E-state index contributed by atoms with van der Waals surface area (Å²) in [5.41, 5.74) is 2.14. The van der Waals surface area contributed by atoms with Gasteiger partial charge >= 0.3 is 0 Å². The molecule has 0 aliphatic rings. The molecule has 0 unspecified atom stereocenters. The molecule has 0 N–H and O–H groups in total. The highest BCUT2D eigenvalue weighted by atomic mass is 16.5. The second-order valence-electron chi connectivity index (χ2n) is 3.90. The van der Waals surface area contributed by atoms with Crippen LogP contribution in [0.4, 0.5) is 0 Å². The topological polar surface area (TPSA) is 44.1 Å². The van der Waals surface area contributed by atoms with Crippen molar-refractivity contribution in [2.75, 3.05) is 6.61 Å². The van der Waals surface area contributed by atoms with Gasteiger partial charge < -0.3 is 4.74 Å². The Hall–Kier alpha value is -2.10. The van der Waals surface area contributed by atoms with Gasteiger partial charge in [0.15, 0.2) is 11.5 Å². The molecule has 0 aliphatic heterocycles. The molecule has 2 rings (SSSR count). The Bertz CT molecular complexity index is 532. The Labute approximate surface area is 99.8 Å². The molecule has 2 aromatic rings. The molecule has 4 heteroatoms. The molecule has 0 radical (unpaired) electrons. The van der Waals surface area contributed by atoms with Gasteiger partial charge in [-0.1, -0.05) is 18.2 Å². The molecule has 88 valence electrons. The van der Waals surface area contributed by atoms with Crippen molar-refractivity contribution in [3.8, 4) is 11.4 Å². The van der Waals surface area contributed by atoms with Gasteiger partial charge in [0.25, 0.3) is 0 Å². The number of ether oxygens (including phenoxy) is 1. The number of hydrogen-bond acceptors (Lipinski definition) is 3. The highest BCUT2D eigenvalue weighted by Gasteiger charge is 2.04. The van der Waals surface area contributed by atoms with E-state index >= 15 is 0 Å². The van der Waals surface area contributed by atoms with Gasteiger partial charge in [-0.25, -0.2) is 4.68 Å². The largest absolute Gasteiger partial charge is 0.483 e. The lowest BCUT2D eigenvalue weighted by atomic mass is 10.2. The molecule has 0 spiro atoms. The summed E-state index contributed by atoms with van der Waals surface area (Å²) in [5.74, 6) is 0.595. The van der Waals surface area contributed by atoms with Crippen LogP contribution in [-0.2, 0) is 4.79 Å². The zero-order valence-electron chi connectivity index (χ0n) is 9.88. The Kier molecular flexibility index (Phi) is 3.23. The van der Waals surface area contributed by atoms with Crippen molar-refractivity contribution in [2.24, 2.45) is 0 Å². The fourth-order valence-corrected chi connectivity index (χ4v) is 1.52. The Morgan fingerprint density at radius 3 is 2.88 bits per heavy atom. The molecule has 1 aromatic carbocycles. The number of aromatic nitrogens is 2. The van der Waals surface area contributed by atoms with Crippen molar-refractivity contribution in [1.82, 2.24) is 9.78 Å². The first-order valence-corrected chi connectivity index (χ1v) is 5.40. The van der Waals surface area contributed by atoms with Crippen molar-refractivity contribution in [3.63, 3.8) is 0 Å². The third kappa shape index (κ3) is 2.72. The number of nitrogens with zero attached hydrogens (tertiary/aromatic N) is 2. The summed E-state index contributed by atoms with van der Waals surface area (Å²) < 4.78 is 7.02. The van der Waals surface area contributed by atoms with Crippen LogP contribution in [0.15, 0.2) is 36.7 Å². The van der Waals surface area contributed by atoms with Gasteiger partial charge in [-0.15, -0.1) is 0 Å².